The second kappa shape index (κ2) is 4.53. The van der Waals surface area contributed by atoms with Gasteiger partial charge in [-0.1, -0.05) is 6.07 Å². The van der Waals surface area contributed by atoms with Crippen LogP contribution in [0.3, 0.4) is 0 Å². The number of nitrogens with two attached hydrogens (primary N) is 1. The molecule has 0 saturated heterocycles. The average Bonchev–Trinajstić information content (AvgIpc) is 2.68. The molecule has 1 amide bonds. The van der Waals surface area contributed by atoms with E-state index in [-0.39, 0.29) is 18.5 Å². The van der Waals surface area contributed by atoms with Crippen molar-refractivity contribution in [3.63, 3.8) is 0 Å². The van der Waals surface area contributed by atoms with Crippen molar-refractivity contribution in [3.8, 4) is 5.75 Å². The molecular formula is C12H16N2O2. The van der Waals surface area contributed by atoms with Crippen LogP contribution in [0.1, 0.15) is 23.6 Å². The van der Waals surface area contributed by atoms with Crippen LogP contribution in [0.4, 0.5) is 0 Å². The van der Waals surface area contributed by atoms with Gasteiger partial charge in [0.2, 0.25) is 5.91 Å². The summed E-state index contributed by atoms with van der Waals surface area (Å²) < 4.78 is 5.19. The normalized spacial score (nSPS) is 18.2. The number of nitrogens with one attached hydrogen (secondary N) is 1. The summed E-state index contributed by atoms with van der Waals surface area (Å²) in [5, 5.41) is 3.16. The van der Waals surface area contributed by atoms with Crippen molar-refractivity contribution in [2.24, 2.45) is 5.73 Å². The predicted octanol–water partition coefficient (Wildman–Crippen LogP) is 0.757. The van der Waals surface area contributed by atoms with Crippen molar-refractivity contribution in [2.75, 3.05) is 13.7 Å². The molecule has 0 fully saturated rings. The molecule has 4 nitrogen and oxygen atoms in total. The van der Waals surface area contributed by atoms with E-state index >= 15 is 0 Å². The van der Waals surface area contributed by atoms with Crippen LogP contribution in [0.25, 0.3) is 0 Å². The number of primary amides is 1. The van der Waals surface area contributed by atoms with E-state index in [9.17, 15) is 4.79 Å². The minimum absolute atomic E-state index is 0.220. The summed E-state index contributed by atoms with van der Waals surface area (Å²) in [6.45, 7) is 0.224. The molecule has 86 valence electrons. The second-order valence-electron chi connectivity index (χ2n) is 4.00. The summed E-state index contributed by atoms with van der Waals surface area (Å²) in [7, 11) is 1.66. The smallest absolute Gasteiger partial charge is 0.231 e. The molecule has 2 rings (SSSR count). The van der Waals surface area contributed by atoms with Crippen molar-refractivity contribution >= 4 is 5.91 Å². The summed E-state index contributed by atoms with van der Waals surface area (Å²) in [5.74, 6) is 0.530. The number of benzene rings is 1. The molecule has 0 heterocycles. The van der Waals surface area contributed by atoms with Gasteiger partial charge < -0.3 is 15.8 Å². The number of methoxy groups -OCH3 is 1. The molecule has 0 aliphatic heterocycles. The fourth-order valence-electron chi connectivity index (χ4n) is 2.14. The van der Waals surface area contributed by atoms with Gasteiger partial charge in [0.05, 0.1) is 13.7 Å². The molecule has 1 aliphatic rings. The van der Waals surface area contributed by atoms with Crippen molar-refractivity contribution in [1.29, 1.82) is 0 Å². The van der Waals surface area contributed by atoms with Crippen LogP contribution in [0, 0.1) is 0 Å². The van der Waals surface area contributed by atoms with Crippen LogP contribution in [0.15, 0.2) is 18.2 Å². The molecule has 1 unspecified atom stereocenters. The lowest BCUT2D eigenvalue weighted by Gasteiger charge is -2.13. The first kappa shape index (κ1) is 11.0. The van der Waals surface area contributed by atoms with Gasteiger partial charge in [0.25, 0.3) is 0 Å². The van der Waals surface area contributed by atoms with Gasteiger partial charge in [0, 0.05) is 6.04 Å². The third-order valence-corrected chi connectivity index (χ3v) is 2.95. The van der Waals surface area contributed by atoms with Crippen LogP contribution < -0.4 is 15.8 Å². The van der Waals surface area contributed by atoms with Crippen LogP contribution in [0.5, 0.6) is 5.75 Å². The minimum Gasteiger partial charge on any atom is -0.497 e. The van der Waals surface area contributed by atoms with Gasteiger partial charge in [-0.05, 0) is 36.1 Å². The zero-order chi connectivity index (χ0) is 11.5. The third-order valence-electron chi connectivity index (χ3n) is 2.95. The second-order valence-corrected chi connectivity index (χ2v) is 4.00. The summed E-state index contributed by atoms with van der Waals surface area (Å²) >= 11 is 0. The molecule has 1 aliphatic carbocycles. The Labute approximate surface area is 94.8 Å². The predicted molar refractivity (Wildman–Crippen MR) is 61.3 cm³/mol. The highest BCUT2D eigenvalue weighted by atomic mass is 16.5. The molecule has 16 heavy (non-hydrogen) atoms. The highest BCUT2D eigenvalue weighted by molar-refractivity contribution is 5.76. The first-order chi connectivity index (χ1) is 7.70. The van der Waals surface area contributed by atoms with Crippen molar-refractivity contribution in [3.05, 3.63) is 29.3 Å². The molecule has 0 saturated carbocycles. The van der Waals surface area contributed by atoms with E-state index in [0.717, 1.165) is 18.6 Å². The van der Waals surface area contributed by atoms with Crippen molar-refractivity contribution in [2.45, 2.75) is 18.9 Å². The number of amides is 1. The Bertz CT molecular complexity index is 404. The quantitative estimate of drug-likeness (QED) is 0.787. The van der Waals surface area contributed by atoms with Crippen molar-refractivity contribution < 1.29 is 9.53 Å². The molecule has 4 heteroatoms. The van der Waals surface area contributed by atoms with Gasteiger partial charge in [-0.2, -0.15) is 0 Å². The van der Waals surface area contributed by atoms with Gasteiger partial charge in [-0.3, -0.25) is 4.79 Å². The Kier molecular flexibility index (Phi) is 3.10. The Hall–Kier alpha value is -1.55. The summed E-state index contributed by atoms with van der Waals surface area (Å²) in [6, 6.07) is 6.30. The zero-order valence-corrected chi connectivity index (χ0v) is 9.32. The van der Waals surface area contributed by atoms with E-state index in [2.05, 4.69) is 11.4 Å². The lowest BCUT2D eigenvalue weighted by atomic mass is 10.1. The number of fused-ring (bicyclic) bond motifs is 1. The number of carbonyl (C=O) groups excluding carboxylic acids is 1. The maximum absolute atomic E-state index is 10.7. The summed E-state index contributed by atoms with van der Waals surface area (Å²) in [4.78, 5) is 10.7. The number of aryl methyl sites for hydroxylation is 1. The van der Waals surface area contributed by atoms with Gasteiger partial charge in [-0.15, -0.1) is 0 Å². The topological polar surface area (TPSA) is 64.3 Å². The minimum atomic E-state index is -0.323. The lowest BCUT2D eigenvalue weighted by molar-refractivity contribution is -0.117. The van der Waals surface area contributed by atoms with E-state index in [1.165, 1.54) is 11.1 Å². The van der Waals surface area contributed by atoms with Gasteiger partial charge in [-0.25, -0.2) is 0 Å². The number of rotatable bonds is 4. The largest absolute Gasteiger partial charge is 0.497 e. The Morgan fingerprint density at radius 2 is 2.44 bits per heavy atom. The fraction of sp³-hybridized carbons (Fsp3) is 0.417. The molecular weight excluding hydrogens is 204 g/mol. The molecule has 1 aromatic rings. The van der Waals surface area contributed by atoms with E-state index in [4.69, 9.17) is 10.5 Å². The first-order valence-corrected chi connectivity index (χ1v) is 5.39. The van der Waals surface area contributed by atoms with Crippen LogP contribution >= 0.6 is 0 Å². The maximum Gasteiger partial charge on any atom is 0.231 e. The van der Waals surface area contributed by atoms with E-state index in [1.807, 2.05) is 12.1 Å². The molecule has 1 atom stereocenters. The number of carbonyl (C=O) groups is 1. The molecule has 3 N–H and O–H groups in total. The van der Waals surface area contributed by atoms with E-state index < -0.39 is 0 Å². The lowest BCUT2D eigenvalue weighted by Crippen LogP contribution is -2.30. The Morgan fingerprint density at radius 3 is 3.12 bits per heavy atom. The van der Waals surface area contributed by atoms with E-state index in [1.54, 1.807) is 7.11 Å². The SMILES string of the molecule is COc1ccc2c(c1)C(NCC(N)=O)CC2. The number of hydrogen-bond donors (Lipinski definition) is 2. The molecule has 0 aromatic heterocycles. The van der Waals surface area contributed by atoms with Crippen LogP contribution in [-0.4, -0.2) is 19.6 Å². The van der Waals surface area contributed by atoms with Crippen LogP contribution in [0.2, 0.25) is 0 Å². The third kappa shape index (κ3) is 2.17. The van der Waals surface area contributed by atoms with Crippen molar-refractivity contribution in [1.82, 2.24) is 5.32 Å². The number of ether oxygens (including phenoxy) is 1. The summed E-state index contributed by atoms with van der Waals surface area (Å²) in [5.41, 5.74) is 7.67. The Balaban J connectivity index is 2.14. The zero-order valence-electron chi connectivity index (χ0n) is 9.32. The van der Waals surface area contributed by atoms with Gasteiger partial charge in [0.1, 0.15) is 5.75 Å². The average molecular weight is 220 g/mol. The highest BCUT2D eigenvalue weighted by Gasteiger charge is 2.22. The van der Waals surface area contributed by atoms with Gasteiger partial charge in [0.15, 0.2) is 0 Å². The standard InChI is InChI=1S/C12H16N2O2/c1-16-9-4-2-8-3-5-11(10(8)6-9)14-7-12(13)15/h2,4,6,11,14H,3,5,7H2,1H3,(H2,13,15). The molecule has 0 radical (unpaired) electrons. The summed E-state index contributed by atoms with van der Waals surface area (Å²) in [6.07, 6.45) is 2.05. The first-order valence-electron chi connectivity index (χ1n) is 5.39. The highest BCUT2D eigenvalue weighted by Crippen LogP contribution is 2.33. The van der Waals surface area contributed by atoms with Crippen LogP contribution in [-0.2, 0) is 11.2 Å². The monoisotopic (exact) mass is 220 g/mol. The molecule has 0 spiro atoms. The molecule has 0 bridgehead atoms. The van der Waals surface area contributed by atoms with Gasteiger partial charge >= 0.3 is 0 Å². The fourth-order valence-corrected chi connectivity index (χ4v) is 2.14. The van der Waals surface area contributed by atoms with E-state index in [0.29, 0.717) is 0 Å². The number of hydrogen-bond acceptors (Lipinski definition) is 3. The molecule has 1 aromatic carbocycles. The maximum atomic E-state index is 10.7. The Morgan fingerprint density at radius 1 is 1.62 bits per heavy atom.